The Morgan fingerprint density at radius 1 is 0.870 bits per heavy atom. The Kier molecular flexibility index (Phi) is 4.33. The van der Waals surface area contributed by atoms with Gasteiger partial charge in [-0.05, 0) is 55.8 Å². The fourth-order valence-corrected chi connectivity index (χ4v) is 2.51. The molecule has 1 aromatic carbocycles. The van der Waals surface area contributed by atoms with Crippen LogP contribution in [-0.4, -0.2) is 16.7 Å². The Hall–Kier alpha value is -2.75. The average molecular weight is 308 g/mol. The highest BCUT2D eigenvalue weighted by Crippen LogP contribution is 2.18. The molecule has 0 N–H and O–H groups in total. The molecule has 0 atom stereocenters. The molecule has 0 aliphatic heterocycles. The van der Waals surface area contributed by atoms with Gasteiger partial charge in [0, 0.05) is 11.4 Å². The lowest BCUT2D eigenvalue weighted by Crippen LogP contribution is -2.02. The number of aryl methyl sites for hydroxylation is 2. The van der Waals surface area contributed by atoms with Crippen molar-refractivity contribution in [2.75, 3.05) is 7.11 Å². The lowest BCUT2D eigenvalue weighted by Gasteiger charge is -2.10. The van der Waals surface area contributed by atoms with Gasteiger partial charge in [-0.3, -0.25) is 0 Å². The first-order valence-electron chi connectivity index (χ1n) is 7.54. The molecular weight excluding hydrogens is 288 g/mol. The van der Waals surface area contributed by atoms with Crippen molar-refractivity contribution in [3.8, 4) is 17.3 Å². The molecule has 0 aliphatic rings. The van der Waals surface area contributed by atoms with Crippen LogP contribution in [0.2, 0.25) is 0 Å². The molecule has 3 aromatic rings. The minimum Gasteiger partial charge on any atom is -0.497 e. The Balaban J connectivity index is 1.68. The van der Waals surface area contributed by atoms with Crippen LogP contribution in [0.5, 0.6) is 11.5 Å². The Morgan fingerprint density at radius 3 is 2.09 bits per heavy atom. The van der Waals surface area contributed by atoms with E-state index in [0.29, 0.717) is 6.61 Å². The molecule has 0 unspecified atom stereocenters. The first-order chi connectivity index (χ1) is 11.2. The minimum atomic E-state index is 0.507. The molecule has 4 nitrogen and oxygen atoms in total. The van der Waals surface area contributed by atoms with Gasteiger partial charge in [-0.2, -0.15) is 0 Å². The van der Waals surface area contributed by atoms with Gasteiger partial charge in [0.2, 0.25) is 0 Å². The van der Waals surface area contributed by atoms with Gasteiger partial charge in [0.15, 0.2) is 0 Å². The number of ether oxygens (including phenoxy) is 2. The van der Waals surface area contributed by atoms with Crippen LogP contribution in [0.3, 0.4) is 0 Å². The number of methoxy groups -OCH3 is 1. The molecular formula is C19H20N2O2. The maximum Gasteiger partial charge on any atom is 0.138 e. The van der Waals surface area contributed by atoms with Gasteiger partial charge in [-0.1, -0.05) is 12.1 Å². The molecule has 0 fully saturated rings. The summed E-state index contributed by atoms with van der Waals surface area (Å²) in [7, 11) is 1.66. The third-order valence-corrected chi connectivity index (χ3v) is 3.79. The molecule has 4 heteroatoms. The van der Waals surface area contributed by atoms with Crippen LogP contribution >= 0.6 is 0 Å². The summed E-state index contributed by atoms with van der Waals surface area (Å²) in [6.45, 7) is 4.65. The van der Waals surface area contributed by atoms with Gasteiger partial charge in [-0.15, -0.1) is 0 Å². The van der Waals surface area contributed by atoms with E-state index in [1.54, 1.807) is 13.3 Å². The van der Waals surface area contributed by atoms with Crippen molar-refractivity contribution in [1.29, 1.82) is 0 Å². The van der Waals surface area contributed by atoms with Crippen LogP contribution in [-0.2, 0) is 6.61 Å². The molecule has 0 radical (unpaired) electrons. The first-order valence-corrected chi connectivity index (χ1v) is 7.54. The van der Waals surface area contributed by atoms with Crippen molar-refractivity contribution in [2.45, 2.75) is 20.5 Å². The Labute approximate surface area is 136 Å². The second kappa shape index (κ2) is 6.57. The summed E-state index contributed by atoms with van der Waals surface area (Å²) in [6, 6.07) is 15.9. The van der Waals surface area contributed by atoms with Gasteiger partial charge in [0.1, 0.15) is 23.9 Å². The average Bonchev–Trinajstić information content (AvgIpc) is 2.93. The molecule has 0 amide bonds. The molecule has 3 rings (SSSR count). The van der Waals surface area contributed by atoms with Crippen LogP contribution in [0.4, 0.5) is 0 Å². The lowest BCUT2D eigenvalue weighted by atomic mass is 10.2. The van der Waals surface area contributed by atoms with Gasteiger partial charge in [-0.25, -0.2) is 4.98 Å². The van der Waals surface area contributed by atoms with E-state index in [1.165, 1.54) is 11.4 Å². The number of pyridine rings is 1. The summed E-state index contributed by atoms with van der Waals surface area (Å²) in [6.07, 6.45) is 1.76. The molecule has 0 saturated carbocycles. The summed E-state index contributed by atoms with van der Waals surface area (Å²) in [5, 5.41) is 0. The van der Waals surface area contributed by atoms with E-state index in [4.69, 9.17) is 9.47 Å². The van der Waals surface area contributed by atoms with E-state index in [1.807, 2.05) is 36.4 Å². The number of aromatic nitrogens is 2. The number of benzene rings is 1. The Morgan fingerprint density at radius 2 is 1.52 bits per heavy atom. The van der Waals surface area contributed by atoms with E-state index >= 15 is 0 Å². The highest BCUT2D eigenvalue weighted by molar-refractivity contribution is 5.34. The summed E-state index contributed by atoms with van der Waals surface area (Å²) in [4.78, 5) is 4.50. The third kappa shape index (κ3) is 3.37. The SMILES string of the molecule is COc1ccc(COc2ccc(-n3c(C)ccc3C)nc2)cc1. The number of hydrogen-bond acceptors (Lipinski definition) is 3. The zero-order valence-electron chi connectivity index (χ0n) is 13.6. The zero-order valence-corrected chi connectivity index (χ0v) is 13.6. The van der Waals surface area contributed by atoms with E-state index < -0.39 is 0 Å². The molecule has 2 heterocycles. The molecule has 0 spiro atoms. The molecule has 2 aromatic heterocycles. The molecule has 0 saturated heterocycles. The van der Waals surface area contributed by atoms with Gasteiger partial charge in [0.25, 0.3) is 0 Å². The summed E-state index contributed by atoms with van der Waals surface area (Å²) >= 11 is 0. The molecule has 0 bridgehead atoms. The van der Waals surface area contributed by atoms with E-state index in [9.17, 15) is 0 Å². The number of rotatable bonds is 5. The summed E-state index contributed by atoms with van der Waals surface area (Å²) in [5.41, 5.74) is 3.43. The van der Waals surface area contributed by atoms with Gasteiger partial charge < -0.3 is 14.0 Å². The second-order valence-corrected chi connectivity index (χ2v) is 5.44. The van der Waals surface area contributed by atoms with E-state index in [2.05, 4.69) is 35.5 Å². The van der Waals surface area contributed by atoms with Crippen molar-refractivity contribution in [3.05, 3.63) is 71.7 Å². The quantitative estimate of drug-likeness (QED) is 0.712. The molecule has 0 aliphatic carbocycles. The van der Waals surface area contributed by atoms with Crippen LogP contribution in [0, 0.1) is 13.8 Å². The normalized spacial score (nSPS) is 10.6. The van der Waals surface area contributed by atoms with Crippen molar-refractivity contribution in [1.82, 2.24) is 9.55 Å². The minimum absolute atomic E-state index is 0.507. The highest BCUT2D eigenvalue weighted by atomic mass is 16.5. The van der Waals surface area contributed by atoms with Crippen LogP contribution in [0.15, 0.2) is 54.7 Å². The van der Waals surface area contributed by atoms with Crippen LogP contribution < -0.4 is 9.47 Å². The summed E-state index contributed by atoms with van der Waals surface area (Å²) < 4.78 is 13.1. The monoisotopic (exact) mass is 308 g/mol. The highest BCUT2D eigenvalue weighted by Gasteiger charge is 2.05. The smallest absolute Gasteiger partial charge is 0.138 e. The zero-order chi connectivity index (χ0) is 16.2. The van der Waals surface area contributed by atoms with Crippen LogP contribution in [0.25, 0.3) is 5.82 Å². The number of hydrogen-bond donors (Lipinski definition) is 0. The predicted octanol–water partition coefficient (Wildman–Crippen LogP) is 4.08. The predicted molar refractivity (Wildman–Crippen MR) is 90.4 cm³/mol. The van der Waals surface area contributed by atoms with Crippen molar-refractivity contribution < 1.29 is 9.47 Å². The van der Waals surface area contributed by atoms with Gasteiger partial charge >= 0.3 is 0 Å². The van der Waals surface area contributed by atoms with Crippen molar-refractivity contribution in [3.63, 3.8) is 0 Å². The Bertz CT molecular complexity index is 755. The fourth-order valence-electron chi connectivity index (χ4n) is 2.51. The number of nitrogens with zero attached hydrogens (tertiary/aromatic N) is 2. The standard InChI is InChI=1S/C19H20N2O2/c1-14-4-5-15(2)21(14)19-11-10-18(12-20-19)23-13-16-6-8-17(22-3)9-7-16/h4-12H,13H2,1-3H3. The summed E-state index contributed by atoms with van der Waals surface area (Å²) in [5.74, 6) is 2.51. The van der Waals surface area contributed by atoms with E-state index in [0.717, 1.165) is 22.9 Å². The third-order valence-electron chi connectivity index (χ3n) is 3.79. The van der Waals surface area contributed by atoms with Crippen LogP contribution in [0.1, 0.15) is 17.0 Å². The molecule has 118 valence electrons. The topological polar surface area (TPSA) is 36.3 Å². The fraction of sp³-hybridized carbons (Fsp3) is 0.211. The van der Waals surface area contributed by atoms with Gasteiger partial charge in [0.05, 0.1) is 13.3 Å². The maximum atomic E-state index is 5.79. The molecule has 23 heavy (non-hydrogen) atoms. The van der Waals surface area contributed by atoms with Crippen molar-refractivity contribution in [2.24, 2.45) is 0 Å². The largest absolute Gasteiger partial charge is 0.497 e. The van der Waals surface area contributed by atoms with E-state index in [-0.39, 0.29) is 0 Å². The maximum absolute atomic E-state index is 5.79. The lowest BCUT2D eigenvalue weighted by molar-refractivity contribution is 0.304. The second-order valence-electron chi connectivity index (χ2n) is 5.44. The van der Waals surface area contributed by atoms with Crippen molar-refractivity contribution >= 4 is 0 Å². The first kappa shape index (κ1) is 15.2.